The average Bonchev–Trinajstić information content (AvgIpc) is 2.82. The molecule has 106 valence electrons. The quantitative estimate of drug-likeness (QED) is 0.801. The van der Waals surface area contributed by atoms with Crippen molar-refractivity contribution >= 4 is 11.6 Å². The van der Waals surface area contributed by atoms with Gasteiger partial charge in [0.05, 0.1) is 5.69 Å². The van der Waals surface area contributed by atoms with Crippen LogP contribution in [-0.2, 0) is 6.54 Å². The molecular weight excluding hydrogens is 262 g/mol. The molecule has 0 aliphatic rings. The summed E-state index contributed by atoms with van der Waals surface area (Å²) >= 11 is 0. The van der Waals surface area contributed by atoms with Crippen molar-refractivity contribution in [1.29, 1.82) is 0 Å². The van der Waals surface area contributed by atoms with Crippen LogP contribution >= 0.6 is 0 Å². The zero-order valence-electron chi connectivity index (χ0n) is 12.1. The van der Waals surface area contributed by atoms with Crippen LogP contribution in [0.4, 0.5) is 0 Å². The lowest BCUT2D eigenvalue weighted by Crippen LogP contribution is -2.24. The van der Waals surface area contributed by atoms with Crippen molar-refractivity contribution in [3.8, 4) is 0 Å². The first-order chi connectivity index (χ1) is 10.1. The molecule has 0 saturated heterocycles. The van der Waals surface area contributed by atoms with E-state index in [1.54, 1.807) is 0 Å². The summed E-state index contributed by atoms with van der Waals surface area (Å²) in [5, 5.41) is 2.95. The van der Waals surface area contributed by atoms with Gasteiger partial charge in [-0.25, -0.2) is 4.98 Å². The normalized spacial score (nSPS) is 10.8. The summed E-state index contributed by atoms with van der Waals surface area (Å²) < 4.78 is 1.82. The molecular formula is C17H17N3O. The first-order valence-electron chi connectivity index (χ1n) is 6.92. The molecule has 0 spiro atoms. The van der Waals surface area contributed by atoms with E-state index >= 15 is 0 Å². The molecule has 0 bridgehead atoms. The van der Waals surface area contributed by atoms with Gasteiger partial charge >= 0.3 is 0 Å². The second-order valence-corrected chi connectivity index (χ2v) is 5.14. The van der Waals surface area contributed by atoms with Crippen LogP contribution in [0.5, 0.6) is 0 Å². The van der Waals surface area contributed by atoms with E-state index in [1.807, 2.05) is 66.9 Å². The van der Waals surface area contributed by atoms with Crippen LogP contribution in [0.1, 0.15) is 27.3 Å². The molecule has 0 radical (unpaired) electrons. The number of carbonyl (C=O) groups is 1. The molecule has 0 aliphatic carbocycles. The molecule has 0 aliphatic heterocycles. The predicted molar refractivity (Wildman–Crippen MR) is 82.3 cm³/mol. The Labute approximate surface area is 123 Å². The number of hydrogen-bond acceptors (Lipinski definition) is 2. The molecule has 1 amide bonds. The summed E-state index contributed by atoms with van der Waals surface area (Å²) in [6.45, 7) is 4.41. The Morgan fingerprint density at radius 1 is 1.14 bits per heavy atom. The highest BCUT2D eigenvalue weighted by molar-refractivity contribution is 5.94. The zero-order valence-corrected chi connectivity index (χ0v) is 12.1. The molecule has 0 saturated carbocycles. The standard InChI is InChI=1S/C17H17N3O/c1-12-6-8-14(9-7-12)11-18-17(21)16-13(2)19-15-5-3-4-10-20(15)16/h3-10H,11H2,1-2H3,(H,18,21). The number of nitrogens with one attached hydrogen (secondary N) is 1. The van der Waals surface area contributed by atoms with Crippen molar-refractivity contribution in [2.24, 2.45) is 0 Å². The number of pyridine rings is 1. The third-order valence-electron chi connectivity index (χ3n) is 3.49. The van der Waals surface area contributed by atoms with Gasteiger partial charge in [-0.1, -0.05) is 35.9 Å². The summed E-state index contributed by atoms with van der Waals surface area (Å²) in [7, 11) is 0. The number of rotatable bonds is 3. The molecule has 4 nitrogen and oxygen atoms in total. The molecule has 3 rings (SSSR count). The maximum absolute atomic E-state index is 12.4. The van der Waals surface area contributed by atoms with E-state index in [2.05, 4.69) is 10.3 Å². The predicted octanol–water partition coefficient (Wildman–Crippen LogP) is 2.88. The Kier molecular flexibility index (Phi) is 3.44. The zero-order chi connectivity index (χ0) is 14.8. The first-order valence-corrected chi connectivity index (χ1v) is 6.92. The van der Waals surface area contributed by atoms with E-state index in [-0.39, 0.29) is 5.91 Å². The van der Waals surface area contributed by atoms with Gasteiger partial charge in [0, 0.05) is 12.7 Å². The van der Waals surface area contributed by atoms with Crippen LogP contribution in [0.2, 0.25) is 0 Å². The number of carbonyl (C=O) groups excluding carboxylic acids is 1. The second kappa shape index (κ2) is 5.40. The van der Waals surface area contributed by atoms with Gasteiger partial charge in [-0.2, -0.15) is 0 Å². The van der Waals surface area contributed by atoms with Crippen molar-refractivity contribution in [1.82, 2.24) is 14.7 Å². The van der Waals surface area contributed by atoms with Gasteiger partial charge in [0.1, 0.15) is 11.3 Å². The smallest absolute Gasteiger partial charge is 0.270 e. The maximum Gasteiger partial charge on any atom is 0.270 e. The van der Waals surface area contributed by atoms with Gasteiger partial charge in [0.2, 0.25) is 0 Å². The lowest BCUT2D eigenvalue weighted by atomic mass is 10.1. The summed E-state index contributed by atoms with van der Waals surface area (Å²) in [6, 6.07) is 13.8. The van der Waals surface area contributed by atoms with Gasteiger partial charge in [0.15, 0.2) is 0 Å². The lowest BCUT2D eigenvalue weighted by Gasteiger charge is -2.06. The van der Waals surface area contributed by atoms with Gasteiger partial charge in [-0.3, -0.25) is 9.20 Å². The lowest BCUT2D eigenvalue weighted by molar-refractivity contribution is 0.0944. The highest BCUT2D eigenvalue weighted by Crippen LogP contribution is 2.12. The monoisotopic (exact) mass is 279 g/mol. The number of aromatic nitrogens is 2. The Balaban J connectivity index is 1.81. The van der Waals surface area contributed by atoms with Gasteiger partial charge in [-0.05, 0) is 31.5 Å². The topological polar surface area (TPSA) is 46.4 Å². The molecule has 4 heteroatoms. The molecule has 2 heterocycles. The van der Waals surface area contributed by atoms with E-state index in [0.29, 0.717) is 12.2 Å². The van der Waals surface area contributed by atoms with Gasteiger partial charge in [-0.15, -0.1) is 0 Å². The SMILES string of the molecule is Cc1ccc(CNC(=O)c2c(C)nc3ccccn23)cc1. The Morgan fingerprint density at radius 2 is 1.90 bits per heavy atom. The van der Waals surface area contributed by atoms with Crippen LogP contribution in [0.25, 0.3) is 5.65 Å². The number of imidazole rings is 1. The summed E-state index contributed by atoms with van der Waals surface area (Å²) in [5.74, 6) is -0.105. The Morgan fingerprint density at radius 3 is 2.67 bits per heavy atom. The van der Waals surface area contributed by atoms with E-state index in [9.17, 15) is 4.79 Å². The number of benzene rings is 1. The van der Waals surface area contributed by atoms with Crippen LogP contribution in [0.3, 0.4) is 0 Å². The molecule has 0 atom stereocenters. The van der Waals surface area contributed by atoms with E-state index in [1.165, 1.54) is 5.56 Å². The van der Waals surface area contributed by atoms with E-state index < -0.39 is 0 Å². The Hall–Kier alpha value is -2.62. The molecule has 0 unspecified atom stereocenters. The van der Waals surface area contributed by atoms with Crippen LogP contribution < -0.4 is 5.32 Å². The highest BCUT2D eigenvalue weighted by Gasteiger charge is 2.15. The average molecular weight is 279 g/mol. The minimum atomic E-state index is -0.105. The van der Waals surface area contributed by atoms with Crippen molar-refractivity contribution in [3.63, 3.8) is 0 Å². The van der Waals surface area contributed by atoms with Crippen LogP contribution in [0.15, 0.2) is 48.7 Å². The summed E-state index contributed by atoms with van der Waals surface area (Å²) in [6.07, 6.45) is 1.86. The van der Waals surface area contributed by atoms with Crippen molar-refractivity contribution in [3.05, 3.63) is 71.2 Å². The molecule has 1 N–H and O–H groups in total. The molecule has 1 aromatic carbocycles. The fraction of sp³-hybridized carbons (Fsp3) is 0.176. The minimum absolute atomic E-state index is 0.105. The van der Waals surface area contributed by atoms with Crippen molar-refractivity contribution < 1.29 is 4.79 Å². The number of hydrogen-bond donors (Lipinski definition) is 1. The van der Waals surface area contributed by atoms with Gasteiger partial charge < -0.3 is 5.32 Å². The fourth-order valence-electron chi connectivity index (χ4n) is 2.36. The van der Waals surface area contributed by atoms with Crippen LogP contribution in [-0.4, -0.2) is 15.3 Å². The summed E-state index contributed by atoms with van der Waals surface area (Å²) in [5.41, 5.74) is 4.42. The molecule has 0 fully saturated rings. The third kappa shape index (κ3) is 2.65. The number of fused-ring (bicyclic) bond motifs is 1. The second-order valence-electron chi connectivity index (χ2n) is 5.14. The third-order valence-corrected chi connectivity index (χ3v) is 3.49. The first kappa shape index (κ1) is 13.4. The number of aryl methyl sites for hydroxylation is 2. The Bertz CT molecular complexity index is 787. The van der Waals surface area contributed by atoms with Gasteiger partial charge in [0.25, 0.3) is 5.91 Å². The van der Waals surface area contributed by atoms with E-state index in [0.717, 1.165) is 16.9 Å². The van der Waals surface area contributed by atoms with Crippen molar-refractivity contribution in [2.75, 3.05) is 0 Å². The maximum atomic E-state index is 12.4. The summed E-state index contributed by atoms with van der Waals surface area (Å²) in [4.78, 5) is 16.8. The largest absolute Gasteiger partial charge is 0.347 e. The highest BCUT2D eigenvalue weighted by atomic mass is 16.1. The molecule has 2 aromatic heterocycles. The number of nitrogens with zero attached hydrogens (tertiary/aromatic N) is 2. The molecule has 3 aromatic rings. The van der Waals surface area contributed by atoms with Crippen molar-refractivity contribution in [2.45, 2.75) is 20.4 Å². The van der Waals surface area contributed by atoms with E-state index in [4.69, 9.17) is 0 Å². The fourth-order valence-corrected chi connectivity index (χ4v) is 2.36. The minimum Gasteiger partial charge on any atom is -0.347 e. The van der Waals surface area contributed by atoms with Crippen LogP contribution in [0, 0.1) is 13.8 Å². The molecule has 21 heavy (non-hydrogen) atoms. The number of amides is 1.